The fraction of sp³-hybridized carbons (Fsp3) is 0.500. The Hall–Kier alpha value is -3.03. The van der Waals surface area contributed by atoms with Gasteiger partial charge in [-0.15, -0.1) is 0 Å². The maximum Gasteiger partial charge on any atom is 0.387 e. The van der Waals surface area contributed by atoms with Crippen LogP contribution in [0.15, 0.2) is 18.2 Å². The van der Waals surface area contributed by atoms with Crippen molar-refractivity contribution >= 4 is 11.9 Å². The maximum atomic E-state index is 12.7. The number of benzene rings is 1. The molecule has 29 heavy (non-hydrogen) atoms. The van der Waals surface area contributed by atoms with Crippen molar-refractivity contribution in [2.45, 2.75) is 44.3 Å². The maximum absolute atomic E-state index is 12.7. The number of hydrogen-bond acceptors (Lipinski definition) is 7. The number of hydrogen-bond donors (Lipinski definition) is 0. The quantitative estimate of drug-likeness (QED) is 0.398. The molecule has 0 aliphatic heterocycles. The van der Waals surface area contributed by atoms with Gasteiger partial charge in [-0.05, 0) is 30.5 Å². The van der Waals surface area contributed by atoms with Gasteiger partial charge >= 0.3 is 25.2 Å². The Morgan fingerprint density at radius 3 is 1.86 bits per heavy atom. The van der Waals surface area contributed by atoms with Crippen LogP contribution < -0.4 is 9.47 Å². The van der Waals surface area contributed by atoms with Gasteiger partial charge in [0.05, 0.1) is 25.7 Å². The first kappa shape index (κ1) is 24.0. The van der Waals surface area contributed by atoms with Crippen LogP contribution in [0.2, 0.25) is 0 Å². The molecular weight excluding hydrogens is 402 g/mol. The molecule has 0 unspecified atom stereocenters. The number of ether oxygens (including phenoxy) is 4. The van der Waals surface area contributed by atoms with Crippen LogP contribution in [0.1, 0.15) is 31.2 Å². The fourth-order valence-electron chi connectivity index (χ4n) is 2.61. The van der Waals surface area contributed by atoms with Crippen LogP contribution in [-0.2, 0) is 24.5 Å². The molecule has 160 valence electrons. The van der Waals surface area contributed by atoms with Crippen molar-refractivity contribution in [3.05, 3.63) is 23.8 Å². The summed E-state index contributed by atoms with van der Waals surface area (Å²) in [5.41, 5.74) is -1.43. The molecule has 0 heterocycles. The predicted molar refractivity (Wildman–Crippen MR) is 89.5 cm³/mol. The average Bonchev–Trinajstić information content (AvgIpc) is 2.68. The highest BCUT2D eigenvalue weighted by Gasteiger charge is 2.35. The fourth-order valence-corrected chi connectivity index (χ4v) is 2.61. The predicted octanol–water partition coefficient (Wildman–Crippen LogP) is 3.56. The highest BCUT2D eigenvalue weighted by molar-refractivity contribution is 5.70. The summed E-state index contributed by atoms with van der Waals surface area (Å²) in [6, 6.07) is 5.08. The molecule has 0 saturated carbocycles. The van der Waals surface area contributed by atoms with E-state index in [2.05, 4.69) is 18.9 Å². The van der Waals surface area contributed by atoms with Crippen LogP contribution in [-0.4, -0.2) is 39.4 Å². The highest BCUT2D eigenvalue weighted by atomic mass is 19.3. The summed E-state index contributed by atoms with van der Waals surface area (Å²) in [4.78, 5) is 23.1. The minimum absolute atomic E-state index is 0.0741. The molecule has 0 spiro atoms. The standard InChI is InChI=1S/C18H19F4NO6/c1-26-14(24)5-7-18(10-23,8-6-15(25)27-2)11-3-4-12(28-16(19)20)13(9-11)29-17(21)22/h3-4,9,16-17H,5-8H2,1-2H3. The van der Waals surface area contributed by atoms with E-state index in [1.807, 2.05) is 6.07 Å². The Morgan fingerprint density at radius 2 is 1.45 bits per heavy atom. The van der Waals surface area contributed by atoms with Crippen molar-refractivity contribution < 1.29 is 46.1 Å². The van der Waals surface area contributed by atoms with E-state index in [4.69, 9.17) is 0 Å². The van der Waals surface area contributed by atoms with Gasteiger partial charge in [0.1, 0.15) is 0 Å². The van der Waals surface area contributed by atoms with Crippen LogP contribution >= 0.6 is 0 Å². The van der Waals surface area contributed by atoms with Gasteiger partial charge in [-0.3, -0.25) is 9.59 Å². The average molecular weight is 421 g/mol. The smallest absolute Gasteiger partial charge is 0.387 e. The number of halogens is 4. The van der Waals surface area contributed by atoms with Crippen LogP contribution in [0.3, 0.4) is 0 Å². The summed E-state index contributed by atoms with van der Waals surface area (Å²) in [6.07, 6.45) is -0.691. The second-order valence-corrected chi connectivity index (χ2v) is 5.76. The van der Waals surface area contributed by atoms with E-state index in [0.717, 1.165) is 26.4 Å². The lowest BCUT2D eigenvalue weighted by atomic mass is 9.74. The number of esters is 2. The van der Waals surface area contributed by atoms with E-state index in [1.54, 1.807) is 0 Å². The summed E-state index contributed by atoms with van der Waals surface area (Å²) in [5.74, 6) is -2.64. The lowest BCUT2D eigenvalue weighted by molar-refractivity contribution is -0.141. The number of alkyl halides is 4. The van der Waals surface area contributed by atoms with Gasteiger partial charge in [-0.25, -0.2) is 0 Å². The van der Waals surface area contributed by atoms with Crippen molar-refractivity contribution in [3.8, 4) is 17.6 Å². The molecule has 7 nitrogen and oxygen atoms in total. The zero-order chi connectivity index (χ0) is 22.0. The van der Waals surface area contributed by atoms with Gasteiger partial charge < -0.3 is 18.9 Å². The molecule has 0 aliphatic carbocycles. The third-order valence-electron chi connectivity index (χ3n) is 4.11. The molecule has 0 aromatic heterocycles. The number of methoxy groups -OCH3 is 2. The van der Waals surface area contributed by atoms with Crippen molar-refractivity contribution in [1.29, 1.82) is 5.26 Å². The molecule has 0 fully saturated rings. The number of carbonyl (C=O) groups is 2. The molecular formula is C18H19F4NO6. The normalized spacial score (nSPS) is 11.1. The molecule has 0 N–H and O–H groups in total. The van der Waals surface area contributed by atoms with Crippen LogP contribution in [0.5, 0.6) is 11.5 Å². The van der Waals surface area contributed by atoms with E-state index < -0.39 is 42.1 Å². The van der Waals surface area contributed by atoms with Crippen LogP contribution in [0.4, 0.5) is 17.6 Å². The third kappa shape index (κ3) is 7.14. The minimum atomic E-state index is -3.34. The summed E-state index contributed by atoms with van der Waals surface area (Å²) >= 11 is 0. The molecule has 1 rings (SSSR count). The Morgan fingerprint density at radius 1 is 0.966 bits per heavy atom. The first-order chi connectivity index (χ1) is 13.7. The minimum Gasteiger partial charge on any atom is -0.469 e. The van der Waals surface area contributed by atoms with Crippen molar-refractivity contribution in [2.24, 2.45) is 0 Å². The SMILES string of the molecule is COC(=O)CCC(C#N)(CCC(=O)OC)c1ccc(OC(F)F)c(OC(F)F)c1. The van der Waals surface area contributed by atoms with Crippen molar-refractivity contribution in [3.63, 3.8) is 0 Å². The lowest BCUT2D eigenvalue weighted by Gasteiger charge is -2.27. The van der Waals surface area contributed by atoms with Gasteiger partial charge in [-0.1, -0.05) is 6.07 Å². The van der Waals surface area contributed by atoms with Gasteiger partial charge in [0, 0.05) is 12.8 Å². The van der Waals surface area contributed by atoms with E-state index in [1.165, 1.54) is 6.07 Å². The third-order valence-corrected chi connectivity index (χ3v) is 4.11. The first-order valence-electron chi connectivity index (χ1n) is 8.26. The summed E-state index contributed by atoms with van der Waals surface area (Å²) in [5, 5.41) is 9.79. The van der Waals surface area contributed by atoms with E-state index in [0.29, 0.717) is 0 Å². The Bertz CT molecular complexity index is 730. The number of carbonyl (C=O) groups excluding carboxylic acids is 2. The molecule has 0 amide bonds. The second-order valence-electron chi connectivity index (χ2n) is 5.76. The molecule has 0 atom stereocenters. The van der Waals surface area contributed by atoms with E-state index >= 15 is 0 Å². The van der Waals surface area contributed by atoms with Crippen molar-refractivity contribution in [1.82, 2.24) is 0 Å². The van der Waals surface area contributed by atoms with Crippen LogP contribution in [0, 0.1) is 11.3 Å². The zero-order valence-electron chi connectivity index (χ0n) is 15.6. The lowest BCUT2D eigenvalue weighted by Crippen LogP contribution is -2.27. The zero-order valence-corrected chi connectivity index (χ0v) is 15.6. The van der Waals surface area contributed by atoms with E-state index in [-0.39, 0.29) is 31.2 Å². The highest BCUT2D eigenvalue weighted by Crippen LogP contribution is 2.40. The van der Waals surface area contributed by atoms with E-state index in [9.17, 15) is 32.4 Å². The molecule has 11 heteroatoms. The molecule has 0 bridgehead atoms. The molecule has 0 radical (unpaired) electrons. The summed E-state index contributed by atoms with van der Waals surface area (Å²) in [6.45, 7) is -6.63. The van der Waals surface area contributed by atoms with Gasteiger partial charge in [0.25, 0.3) is 0 Å². The molecule has 1 aromatic carbocycles. The number of nitriles is 1. The van der Waals surface area contributed by atoms with Gasteiger partial charge in [0.15, 0.2) is 11.5 Å². The Labute approximate surface area is 164 Å². The van der Waals surface area contributed by atoms with Crippen molar-refractivity contribution in [2.75, 3.05) is 14.2 Å². The van der Waals surface area contributed by atoms with Gasteiger partial charge in [-0.2, -0.15) is 22.8 Å². The number of nitrogens with zero attached hydrogens (tertiary/aromatic N) is 1. The largest absolute Gasteiger partial charge is 0.469 e. The van der Waals surface area contributed by atoms with Crippen LogP contribution in [0.25, 0.3) is 0 Å². The molecule has 0 aliphatic rings. The number of rotatable bonds is 11. The Kier molecular flexibility index (Phi) is 9.18. The topological polar surface area (TPSA) is 94.9 Å². The Balaban J connectivity index is 3.38. The second kappa shape index (κ2) is 11.1. The summed E-state index contributed by atoms with van der Waals surface area (Å²) < 4.78 is 67.9. The molecule has 1 aromatic rings. The summed E-state index contributed by atoms with van der Waals surface area (Å²) in [7, 11) is 2.30. The first-order valence-corrected chi connectivity index (χ1v) is 8.26. The van der Waals surface area contributed by atoms with Gasteiger partial charge in [0.2, 0.25) is 0 Å². The molecule has 0 saturated heterocycles. The monoisotopic (exact) mass is 421 g/mol.